The van der Waals surface area contributed by atoms with Gasteiger partial charge in [0.15, 0.2) is 0 Å². The van der Waals surface area contributed by atoms with Crippen LogP contribution in [0.3, 0.4) is 0 Å². The minimum absolute atomic E-state index is 0.418. The van der Waals surface area contributed by atoms with Crippen LogP contribution in [0.2, 0.25) is 0 Å². The smallest absolute Gasteiger partial charge is 0.242 e. The van der Waals surface area contributed by atoms with Gasteiger partial charge in [-0.2, -0.15) is 0 Å². The molecule has 15 heavy (non-hydrogen) atoms. The summed E-state index contributed by atoms with van der Waals surface area (Å²) in [6.45, 7) is 0. The van der Waals surface area contributed by atoms with Crippen molar-refractivity contribution in [2.24, 2.45) is 13.0 Å². The number of aryl methyl sites for hydroxylation is 1. The Morgan fingerprint density at radius 1 is 1.47 bits per heavy atom. The van der Waals surface area contributed by atoms with Gasteiger partial charge in [0.05, 0.1) is 0 Å². The number of anilines is 1. The van der Waals surface area contributed by atoms with Gasteiger partial charge in [-0.3, -0.25) is 0 Å². The summed E-state index contributed by atoms with van der Waals surface area (Å²) in [5, 5.41) is 14.7. The van der Waals surface area contributed by atoms with Crippen molar-refractivity contribution in [2.45, 2.75) is 31.7 Å². The lowest BCUT2D eigenvalue weighted by atomic mass is 9.86. The van der Waals surface area contributed by atoms with Gasteiger partial charge in [-0.25, -0.2) is 4.68 Å². The summed E-state index contributed by atoms with van der Waals surface area (Å²) in [6.07, 6.45) is 4.90. The molecule has 1 aromatic rings. The monoisotopic (exact) mass is 229 g/mol. The number of halogens is 1. The van der Waals surface area contributed by atoms with E-state index in [9.17, 15) is 0 Å². The fraction of sp³-hybridized carbons (Fsp3) is 0.889. The maximum atomic E-state index is 5.96. The van der Waals surface area contributed by atoms with Gasteiger partial charge in [-0.1, -0.05) is 17.9 Å². The Kier molecular flexibility index (Phi) is 3.41. The van der Waals surface area contributed by atoms with Crippen LogP contribution in [0.15, 0.2) is 0 Å². The van der Waals surface area contributed by atoms with E-state index in [1.165, 1.54) is 19.3 Å². The van der Waals surface area contributed by atoms with Crippen molar-refractivity contribution in [3.8, 4) is 0 Å². The third-order valence-electron chi connectivity index (χ3n) is 3.04. The summed E-state index contributed by atoms with van der Waals surface area (Å²) in [5.41, 5.74) is 0. The van der Waals surface area contributed by atoms with E-state index < -0.39 is 0 Å². The number of tetrazole rings is 1. The highest BCUT2D eigenvalue weighted by Gasteiger charge is 2.25. The molecule has 1 saturated carbocycles. The predicted molar refractivity (Wildman–Crippen MR) is 58.9 cm³/mol. The largest absolute Gasteiger partial charge is 0.350 e. The van der Waals surface area contributed by atoms with Gasteiger partial charge >= 0.3 is 0 Å². The first-order valence-electron chi connectivity index (χ1n) is 5.36. The Bertz CT molecular complexity index is 313. The molecule has 5 nitrogen and oxygen atoms in total. The molecule has 1 heterocycles. The highest BCUT2D eigenvalue weighted by atomic mass is 35.5. The Labute approximate surface area is 94.2 Å². The molecule has 2 rings (SSSR count). The summed E-state index contributed by atoms with van der Waals surface area (Å²) in [5.74, 6) is 1.98. The molecule has 2 atom stereocenters. The molecular weight excluding hydrogens is 214 g/mol. The molecular formula is C9H16ClN5. The highest BCUT2D eigenvalue weighted by Crippen LogP contribution is 2.27. The number of aromatic nitrogens is 4. The zero-order valence-electron chi connectivity index (χ0n) is 8.86. The van der Waals surface area contributed by atoms with Crippen molar-refractivity contribution < 1.29 is 0 Å². The second-order valence-corrected chi connectivity index (χ2v) is 4.38. The van der Waals surface area contributed by atoms with Crippen LogP contribution in [-0.4, -0.2) is 32.1 Å². The Balaban J connectivity index is 2.00. The fourth-order valence-corrected chi connectivity index (χ4v) is 2.47. The van der Waals surface area contributed by atoms with E-state index in [-0.39, 0.29) is 0 Å². The molecule has 0 radical (unpaired) electrons. The number of hydrogen-bond donors (Lipinski definition) is 1. The zero-order chi connectivity index (χ0) is 10.7. The number of nitrogens with zero attached hydrogens (tertiary/aromatic N) is 4. The number of rotatable bonds is 3. The topological polar surface area (TPSA) is 55.6 Å². The van der Waals surface area contributed by atoms with Gasteiger partial charge in [0, 0.05) is 19.0 Å². The van der Waals surface area contributed by atoms with E-state index in [4.69, 9.17) is 11.6 Å². The molecule has 0 saturated heterocycles. The second-order valence-electron chi connectivity index (χ2n) is 4.08. The molecule has 1 N–H and O–H groups in total. The second kappa shape index (κ2) is 4.79. The van der Waals surface area contributed by atoms with Crippen LogP contribution in [-0.2, 0) is 7.05 Å². The van der Waals surface area contributed by atoms with Crippen molar-refractivity contribution in [1.82, 2.24) is 20.2 Å². The van der Waals surface area contributed by atoms with Crippen LogP contribution in [0.25, 0.3) is 0 Å². The van der Waals surface area contributed by atoms with Crippen LogP contribution in [0.4, 0.5) is 5.95 Å². The molecule has 1 aliphatic rings. The van der Waals surface area contributed by atoms with E-state index in [1.54, 1.807) is 4.68 Å². The lowest BCUT2D eigenvalue weighted by Gasteiger charge is -2.30. The van der Waals surface area contributed by atoms with E-state index in [1.807, 2.05) is 7.05 Å². The van der Waals surface area contributed by atoms with Crippen molar-refractivity contribution >= 4 is 17.5 Å². The van der Waals surface area contributed by atoms with E-state index in [0.29, 0.717) is 17.8 Å². The van der Waals surface area contributed by atoms with Crippen LogP contribution in [0, 0.1) is 5.92 Å². The SMILES string of the molecule is Cn1nnnc1NC1CCCCC1CCl. The molecule has 6 heteroatoms. The Hall–Kier alpha value is -0.840. The maximum absolute atomic E-state index is 5.96. The quantitative estimate of drug-likeness (QED) is 0.797. The summed E-state index contributed by atoms with van der Waals surface area (Å²) in [4.78, 5) is 0. The molecule has 1 aromatic heterocycles. The summed E-state index contributed by atoms with van der Waals surface area (Å²) >= 11 is 5.96. The summed E-state index contributed by atoms with van der Waals surface area (Å²) in [6, 6.07) is 0.418. The van der Waals surface area contributed by atoms with Gasteiger partial charge in [0.25, 0.3) is 0 Å². The first-order chi connectivity index (χ1) is 7.31. The highest BCUT2D eigenvalue weighted by molar-refractivity contribution is 6.18. The average molecular weight is 230 g/mol. The van der Waals surface area contributed by atoms with E-state index in [0.717, 1.165) is 12.4 Å². The first kappa shape index (κ1) is 10.7. The van der Waals surface area contributed by atoms with Crippen LogP contribution >= 0.6 is 11.6 Å². The summed E-state index contributed by atoms with van der Waals surface area (Å²) < 4.78 is 1.65. The molecule has 0 spiro atoms. The molecule has 0 aromatic carbocycles. The minimum atomic E-state index is 0.418. The van der Waals surface area contributed by atoms with Crippen LogP contribution < -0.4 is 5.32 Å². The van der Waals surface area contributed by atoms with Crippen molar-refractivity contribution in [1.29, 1.82) is 0 Å². The maximum Gasteiger partial charge on any atom is 0.242 e. The molecule has 0 bridgehead atoms. The minimum Gasteiger partial charge on any atom is -0.350 e. The summed E-state index contributed by atoms with van der Waals surface area (Å²) in [7, 11) is 1.83. The number of hydrogen-bond acceptors (Lipinski definition) is 4. The molecule has 1 fully saturated rings. The van der Waals surface area contributed by atoms with Gasteiger partial charge in [-0.05, 0) is 29.2 Å². The molecule has 0 amide bonds. The Morgan fingerprint density at radius 3 is 2.93 bits per heavy atom. The average Bonchev–Trinajstić information content (AvgIpc) is 2.65. The lowest BCUT2D eigenvalue weighted by Crippen LogP contribution is -2.34. The van der Waals surface area contributed by atoms with E-state index >= 15 is 0 Å². The van der Waals surface area contributed by atoms with Gasteiger partial charge < -0.3 is 5.32 Å². The van der Waals surface area contributed by atoms with Gasteiger partial charge in [-0.15, -0.1) is 11.6 Å². The lowest BCUT2D eigenvalue weighted by molar-refractivity contribution is 0.351. The third-order valence-corrected chi connectivity index (χ3v) is 3.44. The zero-order valence-corrected chi connectivity index (χ0v) is 9.61. The van der Waals surface area contributed by atoms with Crippen molar-refractivity contribution in [3.63, 3.8) is 0 Å². The molecule has 1 aliphatic carbocycles. The van der Waals surface area contributed by atoms with Gasteiger partial charge in [0.1, 0.15) is 0 Å². The van der Waals surface area contributed by atoms with Gasteiger partial charge in [0.2, 0.25) is 5.95 Å². The molecule has 2 unspecified atom stereocenters. The van der Waals surface area contributed by atoms with E-state index in [2.05, 4.69) is 20.8 Å². The first-order valence-corrected chi connectivity index (χ1v) is 5.89. The number of nitrogens with one attached hydrogen (secondary N) is 1. The van der Waals surface area contributed by atoms with Crippen molar-refractivity contribution in [2.75, 3.05) is 11.2 Å². The third kappa shape index (κ3) is 2.40. The molecule has 0 aliphatic heterocycles. The normalized spacial score (nSPS) is 26.5. The predicted octanol–water partition coefficient (Wildman–Crippen LogP) is 1.42. The number of alkyl halides is 1. The fourth-order valence-electron chi connectivity index (χ4n) is 2.10. The Morgan fingerprint density at radius 2 is 2.27 bits per heavy atom. The standard InChI is InChI=1S/C9H16ClN5/c1-15-9(12-13-14-15)11-8-5-3-2-4-7(8)6-10/h7-8H,2-6H2,1H3,(H,11,12,14). The van der Waals surface area contributed by atoms with Crippen LogP contribution in [0.5, 0.6) is 0 Å². The van der Waals surface area contributed by atoms with Crippen LogP contribution in [0.1, 0.15) is 25.7 Å². The van der Waals surface area contributed by atoms with Crippen molar-refractivity contribution in [3.05, 3.63) is 0 Å². The molecule has 84 valence electrons.